The molecule has 0 saturated carbocycles. The third kappa shape index (κ3) is 6.14. The first-order valence-corrected chi connectivity index (χ1v) is 5.98. The lowest BCUT2D eigenvalue weighted by atomic mass is 9.94. The molecule has 0 bridgehead atoms. The quantitative estimate of drug-likeness (QED) is 0.208. The molecule has 0 rings (SSSR count). The summed E-state index contributed by atoms with van der Waals surface area (Å²) in [6.45, 7) is 0.134. The predicted molar refractivity (Wildman–Crippen MR) is 66.0 cm³/mol. The van der Waals surface area contributed by atoms with E-state index in [1.807, 2.05) is 5.32 Å². The first-order chi connectivity index (χ1) is 9.61. The molecule has 0 fully saturated rings. The van der Waals surface area contributed by atoms with Gasteiger partial charge in [0.1, 0.15) is 18.3 Å². The van der Waals surface area contributed by atoms with E-state index in [4.69, 9.17) is 10.2 Å². The number of carbonyl (C=O) groups is 3. The van der Waals surface area contributed by atoms with Crippen LogP contribution in [0.4, 0.5) is 0 Å². The van der Waals surface area contributed by atoms with Crippen molar-refractivity contribution in [2.45, 2.75) is 43.8 Å². The van der Waals surface area contributed by atoms with Crippen molar-refractivity contribution in [1.29, 1.82) is 0 Å². The van der Waals surface area contributed by atoms with Gasteiger partial charge in [0, 0.05) is 13.3 Å². The maximum absolute atomic E-state index is 11.0. The minimum Gasteiger partial charge on any atom is -0.475 e. The van der Waals surface area contributed by atoms with Gasteiger partial charge in [-0.3, -0.25) is 9.59 Å². The molecule has 0 aliphatic carbocycles. The SMILES string of the molecule is CC(=O)N[C@@H]([C@H](O)[C@H](O)[C@H](O)CO)[C@H](O)CC(=O)C(=O)O. The number of carboxylic acid groups (broad SMARTS) is 1. The van der Waals surface area contributed by atoms with Crippen LogP contribution in [0, 0.1) is 0 Å². The number of Topliss-reactive ketones (excluding diaryl/α,β-unsaturated/α-hetero) is 1. The molecular weight excluding hydrogens is 290 g/mol. The molecule has 10 nitrogen and oxygen atoms in total. The molecule has 0 aromatic rings. The third-order valence-electron chi connectivity index (χ3n) is 2.72. The van der Waals surface area contributed by atoms with Gasteiger partial charge in [-0.2, -0.15) is 0 Å². The number of ketones is 1. The van der Waals surface area contributed by atoms with E-state index in [9.17, 15) is 34.8 Å². The number of amides is 1. The first kappa shape index (κ1) is 19.4. The summed E-state index contributed by atoms with van der Waals surface area (Å²) in [5.74, 6) is -3.89. The van der Waals surface area contributed by atoms with Crippen LogP contribution in [0.1, 0.15) is 13.3 Å². The molecule has 0 aromatic carbocycles. The van der Waals surface area contributed by atoms with Gasteiger partial charge in [-0.15, -0.1) is 0 Å². The fourth-order valence-electron chi connectivity index (χ4n) is 1.60. The van der Waals surface area contributed by atoms with Crippen LogP contribution < -0.4 is 5.32 Å². The first-order valence-electron chi connectivity index (χ1n) is 5.98. The summed E-state index contributed by atoms with van der Waals surface area (Å²) in [4.78, 5) is 32.4. The molecule has 21 heavy (non-hydrogen) atoms. The van der Waals surface area contributed by atoms with Gasteiger partial charge < -0.3 is 36.0 Å². The molecule has 0 aromatic heterocycles. The van der Waals surface area contributed by atoms with E-state index in [1.165, 1.54) is 0 Å². The Labute approximate surface area is 119 Å². The lowest BCUT2D eigenvalue weighted by Gasteiger charge is -2.32. The fraction of sp³-hybridized carbons (Fsp3) is 0.727. The zero-order chi connectivity index (χ0) is 16.7. The number of carbonyl (C=O) groups excluding carboxylic acids is 2. The van der Waals surface area contributed by atoms with E-state index in [0.29, 0.717) is 0 Å². The van der Waals surface area contributed by atoms with Gasteiger partial charge in [0.05, 0.1) is 18.8 Å². The Morgan fingerprint density at radius 1 is 1.00 bits per heavy atom. The molecule has 0 spiro atoms. The van der Waals surface area contributed by atoms with Crippen LogP contribution in [-0.4, -0.2) is 85.4 Å². The maximum Gasteiger partial charge on any atom is 0.372 e. The molecular formula is C11H19NO9. The van der Waals surface area contributed by atoms with Crippen molar-refractivity contribution in [3.8, 4) is 0 Å². The number of hydrogen-bond acceptors (Lipinski definition) is 8. The summed E-state index contributed by atoms with van der Waals surface area (Å²) in [6, 6.07) is -1.61. The van der Waals surface area contributed by atoms with Gasteiger partial charge in [-0.05, 0) is 0 Å². The monoisotopic (exact) mass is 309 g/mol. The minimum absolute atomic E-state index is 0.730. The Hall–Kier alpha value is -1.59. The van der Waals surface area contributed by atoms with E-state index in [-0.39, 0.29) is 0 Å². The molecule has 0 aliphatic rings. The minimum atomic E-state index is -1.94. The van der Waals surface area contributed by atoms with Crippen LogP contribution in [0.25, 0.3) is 0 Å². The van der Waals surface area contributed by atoms with Crippen molar-refractivity contribution in [3.63, 3.8) is 0 Å². The van der Waals surface area contributed by atoms with Gasteiger partial charge in [0.15, 0.2) is 0 Å². The Morgan fingerprint density at radius 2 is 1.52 bits per heavy atom. The van der Waals surface area contributed by atoms with Crippen LogP contribution in [0.15, 0.2) is 0 Å². The number of aliphatic hydroxyl groups is 5. The molecule has 7 N–H and O–H groups in total. The third-order valence-corrected chi connectivity index (χ3v) is 2.72. The lowest BCUT2D eigenvalue weighted by Crippen LogP contribution is -2.57. The molecule has 0 aliphatic heterocycles. The van der Waals surface area contributed by atoms with Crippen molar-refractivity contribution in [3.05, 3.63) is 0 Å². The average molecular weight is 309 g/mol. The van der Waals surface area contributed by atoms with Crippen LogP contribution in [-0.2, 0) is 14.4 Å². The standard InChI is InChI=1S/C11H19NO9/c1-4(14)12-8(5(15)2-6(16)11(20)21)10(19)9(18)7(17)3-13/h5,7-10,13,15,17-19H,2-3H2,1H3,(H,12,14)(H,20,21)/t5-,7-,8-,9-,10+/m1/s1. The van der Waals surface area contributed by atoms with E-state index in [1.54, 1.807) is 0 Å². The molecule has 0 radical (unpaired) electrons. The van der Waals surface area contributed by atoms with Crippen molar-refractivity contribution < 1.29 is 45.0 Å². The highest BCUT2D eigenvalue weighted by atomic mass is 16.4. The summed E-state index contributed by atoms with van der Waals surface area (Å²) in [5, 5.41) is 57.4. The second-order valence-electron chi connectivity index (χ2n) is 4.46. The zero-order valence-electron chi connectivity index (χ0n) is 11.2. The Bertz CT molecular complexity index is 386. The van der Waals surface area contributed by atoms with E-state index in [2.05, 4.69) is 0 Å². The number of aliphatic carboxylic acids is 1. The Balaban J connectivity index is 5.04. The van der Waals surface area contributed by atoms with E-state index < -0.39 is 61.1 Å². The van der Waals surface area contributed by atoms with Crippen molar-refractivity contribution >= 4 is 17.7 Å². The highest BCUT2D eigenvalue weighted by Crippen LogP contribution is 2.11. The van der Waals surface area contributed by atoms with Gasteiger partial charge in [-0.1, -0.05) is 0 Å². The highest BCUT2D eigenvalue weighted by Gasteiger charge is 2.37. The fourth-order valence-corrected chi connectivity index (χ4v) is 1.60. The summed E-state index contributed by atoms with van der Waals surface area (Å²) in [6.07, 6.45) is -8.35. The summed E-state index contributed by atoms with van der Waals surface area (Å²) >= 11 is 0. The molecule has 122 valence electrons. The number of rotatable bonds is 9. The second kappa shape index (κ2) is 8.64. The normalized spacial score (nSPS) is 18.2. The second-order valence-corrected chi connectivity index (χ2v) is 4.46. The molecule has 5 atom stereocenters. The summed E-state index contributed by atoms with van der Waals surface area (Å²) in [7, 11) is 0. The maximum atomic E-state index is 11.0. The van der Waals surface area contributed by atoms with Gasteiger partial charge >= 0.3 is 5.97 Å². The highest BCUT2D eigenvalue weighted by molar-refractivity contribution is 6.32. The van der Waals surface area contributed by atoms with Gasteiger partial charge in [0.25, 0.3) is 0 Å². The topological polar surface area (TPSA) is 185 Å². The van der Waals surface area contributed by atoms with Crippen molar-refractivity contribution in [2.24, 2.45) is 0 Å². The summed E-state index contributed by atoms with van der Waals surface area (Å²) in [5.41, 5.74) is 0. The van der Waals surface area contributed by atoms with Crippen molar-refractivity contribution in [2.75, 3.05) is 6.61 Å². The molecule has 1 amide bonds. The van der Waals surface area contributed by atoms with Crippen LogP contribution in [0.5, 0.6) is 0 Å². The number of nitrogens with one attached hydrogen (secondary N) is 1. The lowest BCUT2D eigenvalue weighted by molar-refractivity contribution is -0.151. The molecule has 0 saturated heterocycles. The summed E-state index contributed by atoms with van der Waals surface area (Å²) < 4.78 is 0. The van der Waals surface area contributed by atoms with Gasteiger partial charge in [-0.25, -0.2) is 4.79 Å². The van der Waals surface area contributed by atoms with Gasteiger partial charge in [0.2, 0.25) is 11.7 Å². The van der Waals surface area contributed by atoms with Crippen LogP contribution in [0.3, 0.4) is 0 Å². The number of hydrogen-bond donors (Lipinski definition) is 7. The molecule has 0 unspecified atom stereocenters. The molecule has 0 heterocycles. The van der Waals surface area contributed by atoms with Crippen molar-refractivity contribution in [1.82, 2.24) is 5.32 Å². The van der Waals surface area contributed by atoms with Crippen LogP contribution in [0.2, 0.25) is 0 Å². The van der Waals surface area contributed by atoms with Crippen LogP contribution >= 0.6 is 0 Å². The predicted octanol–water partition coefficient (Wildman–Crippen LogP) is -4.03. The Morgan fingerprint density at radius 3 is 1.90 bits per heavy atom. The number of aliphatic hydroxyl groups excluding tert-OH is 5. The Kier molecular flexibility index (Phi) is 7.99. The average Bonchev–Trinajstić information content (AvgIpc) is 2.41. The smallest absolute Gasteiger partial charge is 0.372 e. The molecule has 10 heteroatoms. The number of carboxylic acids is 1. The zero-order valence-corrected chi connectivity index (χ0v) is 11.2. The van der Waals surface area contributed by atoms with E-state index in [0.717, 1.165) is 6.92 Å². The van der Waals surface area contributed by atoms with E-state index >= 15 is 0 Å². The largest absolute Gasteiger partial charge is 0.475 e.